The van der Waals surface area contributed by atoms with Crippen LogP contribution in [0, 0.1) is 11.8 Å². The molecule has 3 atom stereocenters. The molecule has 2 aliphatic rings. The molecule has 1 heterocycles. The molecule has 0 radical (unpaired) electrons. The summed E-state index contributed by atoms with van der Waals surface area (Å²) >= 11 is 0. The average molecular weight is 427 g/mol. The minimum atomic E-state index is -0.907. The number of carbonyl (C=O) groups is 3. The Kier molecular flexibility index (Phi) is 6.83. The smallest absolute Gasteiger partial charge is 0.336 e. The number of rotatable bonds is 6. The fourth-order valence-corrected chi connectivity index (χ4v) is 4.42. The number of benzene rings is 1. The predicted octanol–water partition coefficient (Wildman–Crippen LogP) is 3.26. The number of ether oxygens (including phenoxy) is 3. The van der Waals surface area contributed by atoms with Crippen molar-refractivity contribution in [3.8, 4) is 5.75 Å². The first kappa shape index (κ1) is 22.6. The lowest BCUT2D eigenvalue weighted by Crippen LogP contribution is -2.43. The first-order chi connectivity index (χ1) is 14.8. The molecule has 0 saturated carbocycles. The number of allylic oxidation sites excluding steroid dienone is 3. The van der Waals surface area contributed by atoms with Crippen molar-refractivity contribution in [2.24, 2.45) is 11.8 Å². The third-order valence-corrected chi connectivity index (χ3v) is 5.75. The van der Waals surface area contributed by atoms with Crippen LogP contribution < -0.4 is 10.1 Å². The molecule has 0 aromatic heterocycles. The van der Waals surface area contributed by atoms with Gasteiger partial charge in [-0.3, -0.25) is 9.59 Å². The van der Waals surface area contributed by atoms with Crippen molar-refractivity contribution in [3.63, 3.8) is 0 Å². The van der Waals surface area contributed by atoms with Gasteiger partial charge >= 0.3 is 11.9 Å². The van der Waals surface area contributed by atoms with Crippen molar-refractivity contribution < 1.29 is 28.6 Å². The van der Waals surface area contributed by atoms with E-state index in [-0.39, 0.29) is 24.9 Å². The zero-order valence-corrected chi connectivity index (χ0v) is 18.6. The lowest BCUT2D eigenvalue weighted by Gasteiger charge is -2.38. The van der Waals surface area contributed by atoms with Crippen molar-refractivity contribution in [3.05, 3.63) is 52.4 Å². The molecular formula is C24H29NO6. The van der Waals surface area contributed by atoms with Gasteiger partial charge in [0.25, 0.3) is 0 Å². The molecule has 0 bridgehead atoms. The van der Waals surface area contributed by atoms with Gasteiger partial charge in [-0.1, -0.05) is 19.1 Å². The Morgan fingerprint density at radius 1 is 1.16 bits per heavy atom. The van der Waals surface area contributed by atoms with E-state index >= 15 is 0 Å². The van der Waals surface area contributed by atoms with Gasteiger partial charge in [0.2, 0.25) is 0 Å². The second-order valence-corrected chi connectivity index (χ2v) is 7.76. The highest BCUT2D eigenvalue weighted by atomic mass is 16.5. The van der Waals surface area contributed by atoms with Crippen LogP contribution >= 0.6 is 0 Å². The van der Waals surface area contributed by atoms with Crippen molar-refractivity contribution >= 4 is 17.7 Å². The van der Waals surface area contributed by atoms with Crippen molar-refractivity contribution in [2.45, 2.75) is 40.0 Å². The number of hydrogen-bond acceptors (Lipinski definition) is 7. The van der Waals surface area contributed by atoms with Crippen LogP contribution in [0.15, 0.2) is 46.8 Å². The largest absolute Gasteiger partial charge is 0.497 e. The van der Waals surface area contributed by atoms with E-state index in [4.69, 9.17) is 14.2 Å². The van der Waals surface area contributed by atoms with Gasteiger partial charge in [-0.05, 0) is 50.8 Å². The van der Waals surface area contributed by atoms with Gasteiger partial charge in [0.1, 0.15) is 11.7 Å². The Bertz CT molecular complexity index is 961. The summed E-state index contributed by atoms with van der Waals surface area (Å²) in [6, 6.07) is 7.26. The molecule has 7 heteroatoms. The van der Waals surface area contributed by atoms with Crippen molar-refractivity contribution in [1.82, 2.24) is 5.32 Å². The maximum absolute atomic E-state index is 13.7. The molecule has 1 N–H and O–H groups in total. The highest BCUT2D eigenvalue weighted by Crippen LogP contribution is 2.45. The van der Waals surface area contributed by atoms with Gasteiger partial charge in [-0.2, -0.15) is 0 Å². The van der Waals surface area contributed by atoms with Crippen LogP contribution in [0.2, 0.25) is 0 Å². The molecule has 0 spiro atoms. The lowest BCUT2D eigenvalue weighted by atomic mass is 9.69. The summed E-state index contributed by atoms with van der Waals surface area (Å²) in [4.78, 5) is 39.2. The molecule has 0 saturated heterocycles. The highest BCUT2D eigenvalue weighted by Gasteiger charge is 2.47. The molecule has 0 unspecified atom stereocenters. The first-order valence-electron chi connectivity index (χ1n) is 10.6. The minimum Gasteiger partial charge on any atom is -0.497 e. The summed E-state index contributed by atoms with van der Waals surface area (Å²) in [5.41, 5.74) is 2.87. The van der Waals surface area contributed by atoms with E-state index in [1.165, 1.54) is 0 Å². The third kappa shape index (κ3) is 4.22. The van der Waals surface area contributed by atoms with E-state index in [0.29, 0.717) is 29.0 Å². The van der Waals surface area contributed by atoms with Gasteiger partial charge in [0.15, 0.2) is 5.78 Å². The molecule has 0 amide bonds. The van der Waals surface area contributed by atoms with Gasteiger partial charge in [-0.15, -0.1) is 0 Å². The van der Waals surface area contributed by atoms with Gasteiger partial charge in [0.05, 0.1) is 25.9 Å². The Hall–Kier alpha value is -3.09. The lowest BCUT2D eigenvalue weighted by molar-refractivity contribution is -0.153. The molecule has 1 aromatic rings. The monoisotopic (exact) mass is 427 g/mol. The van der Waals surface area contributed by atoms with E-state index in [9.17, 15) is 14.4 Å². The predicted molar refractivity (Wildman–Crippen MR) is 114 cm³/mol. The summed E-state index contributed by atoms with van der Waals surface area (Å²) in [7, 11) is 1.56. The molecule has 0 fully saturated rings. The molecule has 1 aliphatic carbocycles. The Labute approximate surface area is 182 Å². The Morgan fingerprint density at radius 2 is 1.87 bits per heavy atom. The average Bonchev–Trinajstić information content (AvgIpc) is 2.73. The topological polar surface area (TPSA) is 90.9 Å². The number of ketones is 1. The van der Waals surface area contributed by atoms with Gasteiger partial charge in [-0.25, -0.2) is 4.79 Å². The number of dihydropyridines is 1. The van der Waals surface area contributed by atoms with E-state index in [2.05, 4.69) is 5.32 Å². The molecule has 1 aromatic carbocycles. The number of hydrogen-bond donors (Lipinski definition) is 1. The van der Waals surface area contributed by atoms with Crippen LogP contribution in [0.5, 0.6) is 5.75 Å². The Balaban J connectivity index is 2.17. The molecule has 166 valence electrons. The SMILES string of the molecule is CCOC(=O)C1=C(C)NC2=C(C(=O)[C@H](C(=O)OCC)[C@@H](C)C2)[C@@H]1c1cccc(OC)c1. The fourth-order valence-electron chi connectivity index (χ4n) is 4.42. The van der Waals surface area contributed by atoms with E-state index in [1.807, 2.05) is 19.1 Å². The number of carbonyl (C=O) groups excluding carboxylic acids is 3. The molecule has 7 nitrogen and oxygen atoms in total. The highest BCUT2D eigenvalue weighted by molar-refractivity contribution is 6.12. The van der Waals surface area contributed by atoms with Crippen molar-refractivity contribution in [2.75, 3.05) is 20.3 Å². The normalized spacial score (nSPS) is 23.1. The maximum atomic E-state index is 13.7. The van der Waals surface area contributed by atoms with Crippen LogP contribution in [-0.2, 0) is 23.9 Å². The quantitative estimate of drug-likeness (QED) is 0.550. The fraction of sp³-hybridized carbons (Fsp3) is 0.458. The van der Waals surface area contributed by atoms with E-state index < -0.39 is 23.8 Å². The van der Waals surface area contributed by atoms with Crippen molar-refractivity contribution in [1.29, 1.82) is 0 Å². The van der Waals surface area contributed by atoms with Crippen LogP contribution in [-0.4, -0.2) is 38.0 Å². The van der Waals surface area contributed by atoms with Gasteiger partial charge in [0, 0.05) is 22.9 Å². The standard InChI is InChI=1S/C24H29NO6/c1-6-30-23(27)18-13(3)11-17-21(22(18)26)20(15-9-8-10-16(12-15)29-5)19(14(4)25-17)24(28)31-7-2/h8-10,12-13,18,20,25H,6-7,11H2,1-5H3/t13-,18+,20+/m0/s1. The zero-order valence-electron chi connectivity index (χ0n) is 18.6. The first-order valence-corrected chi connectivity index (χ1v) is 10.6. The van der Waals surface area contributed by atoms with Crippen LogP contribution in [0.25, 0.3) is 0 Å². The van der Waals surface area contributed by atoms with Crippen LogP contribution in [0.1, 0.15) is 45.6 Å². The van der Waals surface area contributed by atoms with Gasteiger partial charge < -0.3 is 19.5 Å². The molecule has 1 aliphatic heterocycles. The number of nitrogens with one attached hydrogen (secondary N) is 1. The van der Waals surface area contributed by atoms with Crippen LogP contribution in [0.4, 0.5) is 0 Å². The minimum absolute atomic E-state index is 0.200. The van der Waals surface area contributed by atoms with Crippen LogP contribution in [0.3, 0.4) is 0 Å². The number of methoxy groups -OCH3 is 1. The second kappa shape index (κ2) is 9.37. The maximum Gasteiger partial charge on any atom is 0.336 e. The number of esters is 2. The summed E-state index contributed by atoms with van der Waals surface area (Å²) in [6.07, 6.45) is 0.498. The third-order valence-electron chi connectivity index (χ3n) is 5.75. The van der Waals surface area contributed by atoms with E-state index in [0.717, 1.165) is 11.3 Å². The summed E-state index contributed by atoms with van der Waals surface area (Å²) in [6.45, 7) is 7.53. The molecule has 31 heavy (non-hydrogen) atoms. The molecular weight excluding hydrogens is 398 g/mol. The summed E-state index contributed by atoms with van der Waals surface area (Å²) in [5, 5.41) is 3.24. The Morgan fingerprint density at radius 3 is 2.52 bits per heavy atom. The summed E-state index contributed by atoms with van der Waals surface area (Å²) < 4.78 is 15.9. The zero-order chi connectivity index (χ0) is 22.7. The molecule has 3 rings (SSSR count). The summed E-state index contributed by atoms with van der Waals surface area (Å²) in [5.74, 6) is -2.52. The second-order valence-electron chi connectivity index (χ2n) is 7.76. The number of Topliss-reactive ketones (excluding diaryl/α,β-unsaturated/α-hetero) is 1. The van der Waals surface area contributed by atoms with E-state index in [1.54, 1.807) is 40.0 Å².